The normalized spacial score (nSPS) is 10.5. The van der Waals surface area contributed by atoms with Crippen molar-refractivity contribution in [1.29, 1.82) is 5.41 Å². The summed E-state index contributed by atoms with van der Waals surface area (Å²) in [5.74, 6) is 7.35. The Morgan fingerprint density at radius 1 is 1.23 bits per heavy atom. The summed E-state index contributed by atoms with van der Waals surface area (Å²) in [5.41, 5.74) is 8.11. The number of hydrogen-bond donors (Lipinski definition) is 6. The smallest absolute Gasteiger partial charge is 0.269 e. The predicted molar refractivity (Wildman–Crippen MR) is 44.7 cm³/mol. The third-order valence-electron chi connectivity index (χ3n) is 1.08. The molecule has 0 bridgehead atoms. The molecule has 72 valence electrons. The molecule has 0 fully saturated rings. The number of carbonyl (C=O) groups excluding carboxylic acids is 2. The lowest BCUT2D eigenvalue weighted by molar-refractivity contribution is -0.119. The Morgan fingerprint density at radius 3 is 2.08 bits per heavy atom. The summed E-state index contributed by atoms with van der Waals surface area (Å²) in [7, 11) is 0. The third-order valence-corrected chi connectivity index (χ3v) is 1.08. The average molecular weight is 186 g/mol. The van der Waals surface area contributed by atoms with Crippen LogP contribution in [0.1, 0.15) is 0 Å². The van der Waals surface area contributed by atoms with Crippen molar-refractivity contribution >= 4 is 17.6 Å². The van der Waals surface area contributed by atoms with Crippen molar-refractivity contribution in [1.82, 2.24) is 10.9 Å². The van der Waals surface area contributed by atoms with Crippen LogP contribution in [0.15, 0.2) is 11.6 Å². The largest absolute Gasteiger partial charge is 0.384 e. The molecule has 0 radical (unpaired) electrons. The molecule has 0 aliphatic heterocycles. The first kappa shape index (κ1) is 11.1. The molecule has 0 unspecified atom stereocenters. The highest BCUT2D eigenvalue weighted by atomic mass is 16.2. The van der Waals surface area contributed by atoms with Crippen LogP contribution in [-0.2, 0) is 9.59 Å². The van der Waals surface area contributed by atoms with E-state index in [1.54, 1.807) is 10.9 Å². The third kappa shape index (κ3) is 3.31. The predicted octanol–water partition coefficient (Wildman–Crippen LogP) is -3.17. The van der Waals surface area contributed by atoms with Gasteiger partial charge in [-0.05, 0) is 0 Å². The molecular formula is C5H10N6O2. The van der Waals surface area contributed by atoms with E-state index in [0.717, 1.165) is 6.08 Å². The molecule has 8 nitrogen and oxygen atoms in total. The Bertz CT molecular complexity index is 270. The number of rotatable bonds is 3. The number of hydrazine groups is 2. The minimum Gasteiger partial charge on any atom is -0.384 e. The highest BCUT2D eigenvalue weighted by Crippen LogP contribution is 1.92. The summed E-state index contributed by atoms with van der Waals surface area (Å²) in [6.45, 7) is 0. The molecule has 2 amide bonds. The van der Waals surface area contributed by atoms with Crippen LogP contribution in [0.3, 0.4) is 0 Å². The van der Waals surface area contributed by atoms with E-state index in [9.17, 15) is 9.59 Å². The molecule has 0 aliphatic rings. The van der Waals surface area contributed by atoms with E-state index in [4.69, 9.17) is 22.8 Å². The highest BCUT2D eigenvalue weighted by molar-refractivity contribution is 6.21. The molecule has 0 atom stereocenters. The summed E-state index contributed by atoms with van der Waals surface area (Å²) in [6.07, 6.45) is 0.768. The topological polar surface area (TPSA) is 160 Å². The molecule has 8 heteroatoms. The second kappa shape index (κ2) is 4.85. The number of nitrogens with one attached hydrogen (secondary N) is 3. The highest BCUT2D eigenvalue weighted by Gasteiger charge is 2.12. The van der Waals surface area contributed by atoms with Crippen LogP contribution in [0.2, 0.25) is 0 Å². The first-order chi connectivity index (χ1) is 6.02. The molecule has 0 aliphatic carbocycles. The van der Waals surface area contributed by atoms with Gasteiger partial charge in [-0.3, -0.25) is 25.8 Å². The van der Waals surface area contributed by atoms with E-state index < -0.39 is 17.6 Å². The number of amidine groups is 1. The van der Waals surface area contributed by atoms with Gasteiger partial charge in [-0.15, -0.1) is 0 Å². The Labute approximate surface area is 73.6 Å². The Morgan fingerprint density at radius 2 is 1.77 bits per heavy atom. The molecule has 0 aromatic carbocycles. The molecule has 13 heavy (non-hydrogen) atoms. The Balaban J connectivity index is 4.81. The molecule has 0 aromatic rings. The monoisotopic (exact) mass is 186 g/mol. The van der Waals surface area contributed by atoms with Crippen molar-refractivity contribution < 1.29 is 9.59 Å². The lowest BCUT2D eigenvalue weighted by Gasteiger charge is -2.02. The van der Waals surface area contributed by atoms with Gasteiger partial charge < -0.3 is 5.73 Å². The lowest BCUT2D eigenvalue weighted by atomic mass is 10.2. The zero-order valence-corrected chi connectivity index (χ0v) is 6.63. The maximum absolute atomic E-state index is 10.9. The second-order valence-electron chi connectivity index (χ2n) is 1.95. The van der Waals surface area contributed by atoms with E-state index in [-0.39, 0.29) is 5.57 Å². The maximum atomic E-state index is 10.9. The maximum Gasteiger partial charge on any atom is 0.269 e. The van der Waals surface area contributed by atoms with Gasteiger partial charge in [0.25, 0.3) is 11.8 Å². The molecule has 9 N–H and O–H groups in total. The number of amides is 2. The fraction of sp³-hybridized carbons (Fsp3) is 0. The summed E-state index contributed by atoms with van der Waals surface area (Å²) in [4.78, 5) is 21.5. The average Bonchev–Trinajstić information content (AvgIpc) is 2.11. The van der Waals surface area contributed by atoms with E-state index in [2.05, 4.69) is 0 Å². The van der Waals surface area contributed by atoms with Gasteiger partial charge in [0, 0.05) is 6.08 Å². The van der Waals surface area contributed by atoms with Gasteiger partial charge >= 0.3 is 0 Å². The minimum absolute atomic E-state index is 0.356. The molecule has 0 rings (SSSR count). The molecule has 0 saturated heterocycles. The van der Waals surface area contributed by atoms with Gasteiger partial charge in [-0.2, -0.15) is 0 Å². The lowest BCUT2D eigenvalue weighted by Crippen LogP contribution is -2.37. The molecule has 0 spiro atoms. The van der Waals surface area contributed by atoms with Crippen molar-refractivity contribution in [2.24, 2.45) is 17.4 Å². The standard InChI is InChI=1S/C5H10N6O2/c6-4(7)2(5(13)11-9)1-3(12)10-8/h1H,8-9H2,(H3,6,7)(H,10,12)(H,11,13)/b2-1-. The van der Waals surface area contributed by atoms with Crippen LogP contribution in [0.4, 0.5) is 0 Å². The fourth-order valence-electron chi connectivity index (χ4n) is 0.516. The summed E-state index contributed by atoms with van der Waals surface area (Å²) in [5, 5.41) is 6.93. The van der Waals surface area contributed by atoms with Crippen LogP contribution in [0.5, 0.6) is 0 Å². The number of carbonyl (C=O) groups is 2. The SMILES string of the molecule is N=C(N)/C(=C/C(=O)NN)C(=O)NN. The van der Waals surface area contributed by atoms with E-state index >= 15 is 0 Å². The Kier molecular flexibility index (Phi) is 4.13. The van der Waals surface area contributed by atoms with Crippen molar-refractivity contribution in [2.45, 2.75) is 0 Å². The van der Waals surface area contributed by atoms with Crippen LogP contribution in [0.25, 0.3) is 0 Å². The summed E-state index contributed by atoms with van der Waals surface area (Å²) >= 11 is 0. The zero-order chi connectivity index (χ0) is 10.4. The van der Waals surface area contributed by atoms with Gasteiger partial charge in [-0.25, -0.2) is 11.7 Å². The first-order valence-electron chi connectivity index (χ1n) is 3.10. The molecule has 0 aromatic heterocycles. The zero-order valence-electron chi connectivity index (χ0n) is 6.63. The fourth-order valence-corrected chi connectivity index (χ4v) is 0.516. The quantitative estimate of drug-likeness (QED) is 0.0683. The van der Waals surface area contributed by atoms with Gasteiger partial charge in [0.2, 0.25) is 0 Å². The summed E-state index contributed by atoms with van der Waals surface area (Å²) < 4.78 is 0. The van der Waals surface area contributed by atoms with Gasteiger partial charge in [-0.1, -0.05) is 0 Å². The van der Waals surface area contributed by atoms with Crippen LogP contribution in [0, 0.1) is 5.41 Å². The molecule has 0 heterocycles. The van der Waals surface area contributed by atoms with Crippen LogP contribution in [-0.4, -0.2) is 17.6 Å². The first-order valence-corrected chi connectivity index (χ1v) is 3.10. The van der Waals surface area contributed by atoms with E-state index in [0.29, 0.717) is 0 Å². The van der Waals surface area contributed by atoms with Crippen molar-refractivity contribution in [2.75, 3.05) is 0 Å². The van der Waals surface area contributed by atoms with Gasteiger partial charge in [0.1, 0.15) is 5.84 Å². The van der Waals surface area contributed by atoms with Gasteiger partial charge in [0.05, 0.1) is 5.57 Å². The van der Waals surface area contributed by atoms with Crippen LogP contribution >= 0.6 is 0 Å². The second-order valence-corrected chi connectivity index (χ2v) is 1.95. The molecule has 0 saturated carbocycles. The van der Waals surface area contributed by atoms with Crippen LogP contribution < -0.4 is 28.3 Å². The van der Waals surface area contributed by atoms with Crippen molar-refractivity contribution in [3.05, 3.63) is 11.6 Å². The van der Waals surface area contributed by atoms with E-state index in [1.807, 2.05) is 0 Å². The van der Waals surface area contributed by atoms with E-state index in [1.165, 1.54) is 0 Å². The van der Waals surface area contributed by atoms with Gasteiger partial charge in [0.15, 0.2) is 0 Å². The minimum atomic E-state index is -0.837. The Hall–Kier alpha value is -1.93. The summed E-state index contributed by atoms with van der Waals surface area (Å²) in [6, 6.07) is 0. The van der Waals surface area contributed by atoms with Crippen molar-refractivity contribution in [3.63, 3.8) is 0 Å². The number of nitrogens with two attached hydrogens (primary N) is 3. The molecular weight excluding hydrogens is 176 g/mol. The number of hydrogen-bond acceptors (Lipinski definition) is 5. The van der Waals surface area contributed by atoms with Crippen molar-refractivity contribution in [3.8, 4) is 0 Å².